The van der Waals surface area contributed by atoms with E-state index in [0.29, 0.717) is 11.0 Å². The van der Waals surface area contributed by atoms with Gasteiger partial charge in [-0.15, -0.1) is 0 Å². The molecule has 1 saturated heterocycles. The Hall–Kier alpha value is -3.99. The summed E-state index contributed by atoms with van der Waals surface area (Å²) in [5.41, 5.74) is 0.608. The van der Waals surface area contributed by atoms with E-state index in [0.717, 1.165) is 11.3 Å². The van der Waals surface area contributed by atoms with Crippen LogP contribution in [0.2, 0.25) is 0 Å². The number of fused-ring (bicyclic) bond motifs is 1. The van der Waals surface area contributed by atoms with Crippen LogP contribution in [0.3, 0.4) is 0 Å². The Bertz CT molecular complexity index is 1520. The first-order valence-electron chi connectivity index (χ1n) is 12.7. The molecule has 2 aromatic carbocycles. The molecule has 0 aliphatic carbocycles. The van der Waals surface area contributed by atoms with Gasteiger partial charge >= 0.3 is 6.18 Å². The van der Waals surface area contributed by atoms with E-state index in [4.69, 9.17) is 0 Å². The van der Waals surface area contributed by atoms with Crippen LogP contribution < -0.4 is 5.56 Å². The average molecular weight is 540 g/mol. The van der Waals surface area contributed by atoms with Crippen LogP contribution in [0.5, 0.6) is 0 Å². The minimum Gasteiger partial charge on any atom is -0.388 e. The number of aryl methyl sites for hydroxylation is 1. The fraction of sp³-hybridized carbons (Fsp3) is 0.357. The number of aromatic nitrogens is 4. The van der Waals surface area contributed by atoms with Crippen LogP contribution in [0.25, 0.3) is 16.7 Å². The number of aliphatic hydroxyl groups is 1. The number of alkyl halides is 3. The number of benzene rings is 2. The second-order valence-corrected chi connectivity index (χ2v) is 10.1. The monoisotopic (exact) mass is 539 g/mol. The van der Waals surface area contributed by atoms with Crippen molar-refractivity contribution in [1.82, 2.24) is 24.2 Å². The maximum atomic E-state index is 13.7. The quantitative estimate of drug-likeness (QED) is 0.400. The van der Waals surface area contributed by atoms with E-state index in [9.17, 15) is 27.9 Å². The van der Waals surface area contributed by atoms with Crippen molar-refractivity contribution in [3.05, 3.63) is 88.6 Å². The molecule has 8 nitrogen and oxygen atoms in total. The first-order valence-corrected chi connectivity index (χ1v) is 12.7. The van der Waals surface area contributed by atoms with Gasteiger partial charge in [0.1, 0.15) is 11.7 Å². The van der Waals surface area contributed by atoms with Crippen molar-refractivity contribution < 1.29 is 23.1 Å². The van der Waals surface area contributed by atoms with Gasteiger partial charge in [-0.3, -0.25) is 14.2 Å². The van der Waals surface area contributed by atoms with E-state index in [2.05, 4.69) is 10.1 Å². The molecule has 1 aliphatic rings. The van der Waals surface area contributed by atoms with Crippen molar-refractivity contribution in [3.63, 3.8) is 0 Å². The highest BCUT2D eigenvalue weighted by atomic mass is 19.4. The predicted octanol–water partition coefficient (Wildman–Crippen LogP) is 3.98. The minimum absolute atomic E-state index is 0.0415. The van der Waals surface area contributed by atoms with Crippen molar-refractivity contribution >= 4 is 16.9 Å². The van der Waals surface area contributed by atoms with Crippen LogP contribution >= 0.6 is 0 Å². The molecule has 1 N–H and O–H groups in total. The highest BCUT2D eigenvalue weighted by Gasteiger charge is 2.43. The number of carbonyl (C=O) groups excluding carboxylic acids is 1. The van der Waals surface area contributed by atoms with Crippen molar-refractivity contribution in [2.45, 2.75) is 50.4 Å². The molecule has 1 fully saturated rings. The van der Waals surface area contributed by atoms with Crippen LogP contribution in [0.15, 0.2) is 71.9 Å². The van der Waals surface area contributed by atoms with E-state index >= 15 is 0 Å². The van der Waals surface area contributed by atoms with E-state index < -0.39 is 30.0 Å². The summed E-state index contributed by atoms with van der Waals surface area (Å²) in [6, 6.07) is 15.0. The fourth-order valence-corrected chi connectivity index (χ4v) is 5.00. The number of hydrogen-bond donors (Lipinski definition) is 1. The SMILES string of the molecule is Cc1ccc(-n2ncc3c(=O)n(CC4(O)CCN(C(=O)C[C@H](c5ccccc5)C(F)(F)F)CC4)cnc32)cc1. The van der Waals surface area contributed by atoms with Gasteiger partial charge in [-0.25, -0.2) is 9.67 Å². The third-order valence-corrected chi connectivity index (χ3v) is 7.32. The van der Waals surface area contributed by atoms with Crippen LogP contribution in [-0.2, 0) is 11.3 Å². The second kappa shape index (κ2) is 10.3. The second-order valence-electron chi connectivity index (χ2n) is 10.1. The van der Waals surface area contributed by atoms with Crippen molar-refractivity contribution in [2.75, 3.05) is 13.1 Å². The molecule has 1 amide bonds. The van der Waals surface area contributed by atoms with Crippen molar-refractivity contribution in [1.29, 1.82) is 0 Å². The average Bonchev–Trinajstić information content (AvgIpc) is 3.34. The lowest BCUT2D eigenvalue weighted by Gasteiger charge is -2.39. The molecule has 4 aromatic rings. The first-order chi connectivity index (χ1) is 18.5. The van der Waals surface area contributed by atoms with Gasteiger partial charge in [0.25, 0.3) is 5.56 Å². The van der Waals surface area contributed by atoms with Crippen molar-refractivity contribution in [2.24, 2.45) is 0 Å². The molecular weight excluding hydrogens is 511 g/mol. The number of amides is 1. The van der Waals surface area contributed by atoms with Crippen LogP contribution in [-0.4, -0.2) is 60.1 Å². The third kappa shape index (κ3) is 5.58. The van der Waals surface area contributed by atoms with Gasteiger partial charge in [0.2, 0.25) is 5.91 Å². The van der Waals surface area contributed by atoms with Crippen LogP contribution in [0, 0.1) is 6.92 Å². The van der Waals surface area contributed by atoms with Gasteiger partial charge in [0.15, 0.2) is 5.65 Å². The van der Waals surface area contributed by atoms with Crippen LogP contribution in [0.1, 0.15) is 36.3 Å². The Morgan fingerprint density at radius 1 is 1.08 bits per heavy atom. The molecule has 0 saturated carbocycles. The molecular formula is C28H28F3N5O3. The Morgan fingerprint density at radius 3 is 2.38 bits per heavy atom. The van der Waals surface area contributed by atoms with Gasteiger partial charge in [-0.2, -0.15) is 18.3 Å². The zero-order valence-electron chi connectivity index (χ0n) is 21.3. The lowest BCUT2D eigenvalue weighted by molar-refractivity contribution is -0.162. The zero-order valence-corrected chi connectivity index (χ0v) is 21.3. The molecule has 3 heterocycles. The standard InChI is InChI=1S/C28H28F3N5O3/c1-19-7-9-21(10-8-19)36-25-22(16-33-36)26(38)35(18-32-25)17-27(39)11-13-34(14-12-27)24(37)15-23(28(29,30)31)20-5-3-2-4-6-20/h2-10,16,18,23,39H,11-15,17H2,1H3/t23-/m1/s1. The first kappa shape index (κ1) is 26.6. The summed E-state index contributed by atoms with van der Waals surface area (Å²) in [6.07, 6.45) is -2.22. The molecule has 204 valence electrons. The lowest BCUT2D eigenvalue weighted by Crippen LogP contribution is -2.50. The number of nitrogens with zero attached hydrogens (tertiary/aromatic N) is 5. The normalized spacial score (nSPS) is 16.4. The molecule has 11 heteroatoms. The van der Waals surface area contributed by atoms with E-state index in [1.165, 1.54) is 46.3 Å². The van der Waals surface area contributed by atoms with E-state index in [-0.39, 0.29) is 43.6 Å². The molecule has 39 heavy (non-hydrogen) atoms. The minimum atomic E-state index is -4.56. The Labute approximate surface area is 222 Å². The zero-order chi connectivity index (χ0) is 27.8. The van der Waals surface area contributed by atoms with E-state index in [1.54, 1.807) is 10.7 Å². The smallest absolute Gasteiger partial charge is 0.388 e. The summed E-state index contributed by atoms with van der Waals surface area (Å²) in [5, 5.41) is 15.8. The Balaban J connectivity index is 1.26. The van der Waals surface area contributed by atoms with Gasteiger partial charge in [0.05, 0.1) is 29.9 Å². The molecule has 1 aliphatic heterocycles. The van der Waals surface area contributed by atoms with Gasteiger partial charge < -0.3 is 10.0 Å². The summed E-state index contributed by atoms with van der Waals surface area (Å²) in [4.78, 5) is 31.7. The maximum Gasteiger partial charge on any atom is 0.396 e. The summed E-state index contributed by atoms with van der Waals surface area (Å²) >= 11 is 0. The molecule has 0 radical (unpaired) electrons. The molecule has 2 aromatic heterocycles. The Kier molecular flexibility index (Phi) is 7.02. The fourth-order valence-electron chi connectivity index (χ4n) is 5.00. The summed E-state index contributed by atoms with van der Waals surface area (Å²) < 4.78 is 44.0. The molecule has 5 rings (SSSR count). The molecule has 0 spiro atoms. The number of carbonyl (C=O) groups is 1. The molecule has 0 unspecified atom stereocenters. The molecule has 1 atom stereocenters. The highest BCUT2D eigenvalue weighted by molar-refractivity contribution is 5.77. The molecule has 0 bridgehead atoms. The van der Waals surface area contributed by atoms with Gasteiger partial charge in [0, 0.05) is 19.5 Å². The van der Waals surface area contributed by atoms with Gasteiger partial charge in [-0.1, -0.05) is 48.0 Å². The van der Waals surface area contributed by atoms with Crippen molar-refractivity contribution in [3.8, 4) is 5.69 Å². The van der Waals surface area contributed by atoms with Gasteiger partial charge in [-0.05, 0) is 37.5 Å². The summed E-state index contributed by atoms with van der Waals surface area (Å²) in [5.74, 6) is -2.52. The number of hydrogen-bond acceptors (Lipinski definition) is 5. The number of halogens is 3. The maximum absolute atomic E-state index is 13.7. The number of likely N-dealkylation sites (tertiary alicyclic amines) is 1. The van der Waals surface area contributed by atoms with Crippen LogP contribution in [0.4, 0.5) is 13.2 Å². The predicted molar refractivity (Wildman–Crippen MR) is 138 cm³/mol. The highest BCUT2D eigenvalue weighted by Crippen LogP contribution is 2.38. The largest absolute Gasteiger partial charge is 0.396 e. The number of piperidine rings is 1. The Morgan fingerprint density at radius 2 is 1.74 bits per heavy atom. The van der Waals surface area contributed by atoms with E-state index in [1.807, 2.05) is 31.2 Å². The lowest BCUT2D eigenvalue weighted by atomic mass is 9.90. The third-order valence-electron chi connectivity index (χ3n) is 7.32. The summed E-state index contributed by atoms with van der Waals surface area (Å²) in [7, 11) is 0. The number of rotatable bonds is 6. The summed E-state index contributed by atoms with van der Waals surface area (Å²) in [6.45, 7) is 2.09. The topological polar surface area (TPSA) is 93.2 Å².